The number of aliphatic imine (C=N–C) groups is 1. The van der Waals surface area contributed by atoms with E-state index < -0.39 is 0 Å². The number of anilines is 1. The number of fused-ring (bicyclic) bond motifs is 1. The van der Waals surface area contributed by atoms with E-state index in [4.69, 9.17) is 9.26 Å². The van der Waals surface area contributed by atoms with E-state index in [1.54, 1.807) is 7.05 Å². The van der Waals surface area contributed by atoms with E-state index in [9.17, 15) is 4.79 Å². The van der Waals surface area contributed by atoms with E-state index in [1.165, 1.54) is 0 Å². The Kier molecular flexibility index (Phi) is 10.1. The van der Waals surface area contributed by atoms with Gasteiger partial charge in [-0.3, -0.25) is 9.79 Å². The second-order valence-corrected chi connectivity index (χ2v) is 7.30. The number of nitrogens with zero attached hydrogens (tertiary/aromatic N) is 2. The standard InChI is InChI=1S/C22H31N5O3.HI/c1-4-15(5-2)20-13-18(30-27-20)14-25-22(23-3)24-10-11-29-17-7-8-19-16(12-17)6-9-21(28)26-19;/h7-8,12-13,15H,4-6,9-11,14H2,1-3H3,(H,26,28)(H2,23,24,25);1H. The molecule has 0 saturated heterocycles. The van der Waals surface area contributed by atoms with Crippen LogP contribution in [0.4, 0.5) is 5.69 Å². The van der Waals surface area contributed by atoms with Crippen LogP contribution in [-0.4, -0.2) is 37.2 Å². The number of aromatic nitrogens is 1. The van der Waals surface area contributed by atoms with Crippen LogP contribution in [0, 0.1) is 0 Å². The van der Waals surface area contributed by atoms with Gasteiger partial charge in [0.15, 0.2) is 11.7 Å². The van der Waals surface area contributed by atoms with Crippen molar-refractivity contribution in [1.82, 2.24) is 15.8 Å². The van der Waals surface area contributed by atoms with E-state index in [2.05, 4.69) is 39.9 Å². The molecule has 0 atom stereocenters. The van der Waals surface area contributed by atoms with Crippen LogP contribution in [0.25, 0.3) is 0 Å². The molecule has 1 aromatic heterocycles. The van der Waals surface area contributed by atoms with Gasteiger partial charge in [0.1, 0.15) is 12.4 Å². The minimum atomic E-state index is 0. The van der Waals surface area contributed by atoms with Crippen LogP contribution in [0.2, 0.25) is 0 Å². The fourth-order valence-corrected chi connectivity index (χ4v) is 3.49. The van der Waals surface area contributed by atoms with Crippen LogP contribution < -0.4 is 20.7 Å². The minimum absolute atomic E-state index is 0. The van der Waals surface area contributed by atoms with E-state index in [-0.39, 0.29) is 29.9 Å². The Morgan fingerprint density at radius 3 is 2.81 bits per heavy atom. The largest absolute Gasteiger partial charge is 0.492 e. The van der Waals surface area contributed by atoms with Crippen LogP contribution in [0.3, 0.4) is 0 Å². The van der Waals surface area contributed by atoms with Gasteiger partial charge < -0.3 is 25.2 Å². The second kappa shape index (κ2) is 12.5. The highest BCUT2D eigenvalue weighted by atomic mass is 127. The average Bonchev–Trinajstić information content (AvgIpc) is 3.23. The van der Waals surface area contributed by atoms with Crippen molar-refractivity contribution in [3.63, 3.8) is 0 Å². The number of hydrogen-bond acceptors (Lipinski definition) is 5. The Labute approximate surface area is 200 Å². The van der Waals surface area contributed by atoms with Gasteiger partial charge in [0, 0.05) is 31.1 Å². The van der Waals surface area contributed by atoms with E-state index in [0.29, 0.717) is 38.0 Å². The van der Waals surface area contributed by atoms with Crippen molar-refractivity contribution < 1.29 is 14.1 Å². The molecule has 3 rings (SSSR count). The molecule has 1 amide bonds. The number of rotatable bonds is 9. The third-order valence-electron chi connectivity index (χ3n) is 5.27. The second-order valence-electron chi connectivity index (χ2n) is 7.30. The van der Waals surface area contributed by atoms with Gasteiger partial charge in [-0.25, -0.2) is 0 Å². The summed E-state index contributed by atoms with van der Waals surface area (Å²) in [4.78, 5) is 15.7. The quantitative estimate of drug-likeness (QED) is 0.193. The first-order chi connectivity index (χ1) is 14.6. The number of hydrogen-bond donors (Lipinski definition) is 3. The fraction of sp³-hybridized carbons (Fsp3) is 0.500. The molecule has 2 heterocycles. The lowest BCUT2D eigenvalue weighted by atomic mass is 9.99. The number of carbonyl (C=O) groups is 1. The lowest BCUT2D eigenvalue weighted by molar-refractivity contribution is -0.116. The number of aryl methyl sites for hydroxylation is 1. The Morgan fingerprint density at radius 1 is 1.26 bits per heavy atom. The van der Waals surface area contributed by atoms with Crippen LogP contribution in [0.5, 0.6) is 5.75 Å². The van der Waals surface area contributed by atoms with Crippen molar-refractivity contribution >= 4 is 41.5 Å². The van der Waals surface area contributed by atoms with Gasteiger partial charge in [0.05, 0.1) is 18.8 Å². The average molecular weight is 541 g/mol. The molecule has 0 spiro atoms. The number of benzene rings is 1. The van der Waals surface area contributed by atoms with E-state index in [0.717, 1.165) is 47.7 Å². The van der Waals surface area contributed by atoms with Crippen LogP contribution >= 0.6 is 24.0 Å². The lowest BCUT2D eigenvalue weighted by Gasteiger charge is -2.18. The maximum atomic E-state index is 11.4. The van der Waals surface area contributed by atoms with Crippen LogP contribution in [-0.2, 0) is 17.8 Å². The summed E-state index contributed by atoms with van der Waals surface area (Å²) in [6, 6.07) is 7.77. The first-order valence-corrected chi connectivity index (χ1v) is 10.6. The zero-order chi connectivity index (χ0) is 21.3. The zero-order valence-electron chi connectivity index (χ0n) is 18.4. The SMILES string of the molecule is CCC(CC)c1cc(CNC(=NC)NCCOc2ccc3c(c2)CCC(=O)N3)on1.I. The highest BCUT2D eigenvalue weighted by Gasteiger charge is 2.15. The summed E-state index contributed by atoms with van der Waals surface area (Å²) in [6.07, 6.45) is 3.37. The Bertz CT molecular complexity index is 880. The summed E-state index contributed by atoms with van der Waals surface area (Å²) < 4.78 is 11.3. The van der Waals surface area contributed by atoms with Crippen molar-refractivity contribution in [2.45, 2.75) is 52.0 Å². The van der Waals surface area contributed by atoms with Gasteiger partial charge in [-0.15, -0.1) is 24.0 Å². The summed E-state index contributed by atoms with van der Waals surface area (Å²) in [5.41, 5.74) is 3.00. The van der Waals surface area contributed by atoms with E-state index >= 15 is 0 Å². The molecular formula is C22H32IN5O3. The molecular weight excluding hydrogens is 509 g/mol. The van der Waals surface area contributed by atoms with Gasteiger partial charge in [0.25, 0.3) is 0 Å². The predicted octanol–water partition coefficient (Wildman–Crippen LogP) is 3.82. The van der Waals surface area contributed by atoms with Crippen LogP contribution in [0.1, 0.15) is 56.0 Å². The van der Waals surface area contributed by atoms with Crippen molar-refractivity contribution in [3.05, 3.63) is 41.3 Å². The monoisotopic (exact) mass is 541 g/mol. The number of amides is 1. The number of ether oxygens (including phenoxy) is 1. The van der Waals surface area contributed by atoms with Gasteiger partial charge in [-0.05, 0) is 43.0 Å². The van der Waals surface area contributed by atoms with Crippen LogP contribution in [0.15, 0.2) is 33.8 Å². The molecule has 3 N–H and O–H groups in total. The summed E-state index contributed by atoms with van der Waals surface area (Å²) in [5.74, 6) is 2.77. The number of nitrogens with one attached hydrogen (secondary N) is 3. The first kappa shape index (κ1) is 25.0. The minimum Gasteiger partial charge on any atom is -0.492 e. The lowest BCUT2D eigenvalue weighted by Crippen LogP contribution is -2.38. The molecule has 31 heavy (non-hydrogen) atoms. The van der Waals surface area contributed by atoms with Crippen molar-refractivity contribution in [2.24, 2.45) is 4.99 Å². The molecule has 0 fully saturated rings. The zero-order valence-corrected chi connectivity index (χ0v) is 20.7. The van der Waals surface area contributed by atoms with Gasteiger partial charge >= 0.3 is 0 Å². The molecule has 2 aromatic rings. The third-order valence-corrected chi connectivity index (χ3v) is 5.27. The van der Waals surface area contributed by atoms with Gasteiger partial charge in [-0.1, -0.05) is 19.0 Å². The van der Waals surface area contributed by atoms with Gasteiger partial charge in [-0.2, -0.15) is 0 Å². The molecule has 1 aromatic carbocycles. The van der Waals surface area contributed by atoms with E-state index in [1.807, 2.05) is 24.3 Å². The van der Waals surface area contributed by atoms with Crippen molar-refractivity contribution in [3.8, 4) is 5.75 Å². The number of carbonyl (C=O) groups excluding carboxylic acids is 1. The Hall–Kier alpha value is -2.30. The third kappa shape index (κ3) is 7.12. The molecule has 0 aliphatic carbocycles. The molecule has 0 radical (unpaired) electrons. The smallest absolute Gasteiger partial charge is 0.224 e. The molecule has 0 saturated carbocycles. The molecule has 9 heteroatoms. The summed E-state index contributed by atoms with van der Waals surface area (Å²) in [5, 5.41) is 13.5. The maximum absolute atomic E-state index is 11.4. The topological polar surface area (TPSA) is 101 Å². The molecule has 0 bridgehead atoms. The summed E-state index contributed by atoms with van der Waals surface area (Å²) >= 11 is 0. The molecule has 8 nitrogen and oxygen atoms in total. The maximum Gasteiger partial charge on any atom is 0.224 e. The van der Waals surface area contributed by atoms with Gasteiger partial charge in [0.2, 0.25) is 5.91 Å². The highest BCUT2D eigenvalue weighted by molar-refractivity contribution is 14.0. The Balaban J connectivity index is 0.00000341. The summed E-state index contributed by atoms with van der Waals surface area (Å²) in [6.45, 7) is 5.94. The molecule has 0 unspecified atom stereocenters. The fourth-order valence-electron chi connectivity index (χ4n) is 3.49. The first-order valence-electron chi connectivity index (χ1n) is 10.6. The highest BCUT2D eigenvalue weighted by Crippen LogP contribution is 2.26. The predicted molar refractivity (Wildman–Crippen MR) is 132 cm³/mol. The summed E-state index contributed by atoms with van der Waals surface area (Å²) in [7, 11) is 1.73. The van der Waals surface area contributed by atoms with Crippen molar-refractivity contribution in [2.75, 3.05) is 25.5 Å². The normalized spacial score (nSPS) is 13.3. The Morgan fingerprint density at radius 2 is 2.06 bits per heavy atom. The van der Waals surface area contributed by atoms with Crippen molar-refractivity contribution in [1.29, 1.82) is 0 Å². The molecule has 170 valence electrons. The molecule has 1 aliphatic rings. The number of guanidine groups is 1. The number of halogens is 1. The molecule has 1 aliphatic heterocycles.